The van der Waals surface area contributed by atoms with E-state index in [-0.39, 0.29) is 6.54 Å². The van der Waals surface area contributed by atoms with Crippen LogP contribution in [0.4, 0.5) is 0 Å². The average Bonchev–Trinajstić information content (AvgIpc) is 2.02. The molecule has 0 rings (SSSR count). The third-order valence-electron chi connectivity index (χ3n) is 2.14. The predicted molar refractivity (Wildman–Crippen MR) is 49.5 cm³/mol. The maximum atomic E-state index is 10.4. The van der Waals surface area contributed by atoms with Gasteiger partial charge < -0.3 is 0 Å². The van der Waals surface area contributed by atoms with Gasteiger partial charge in [0.15, 0.2) is 0 Å². The number of nitro groups is 1. The third kappa shape index (κ3) is 3.40. The van der Waals surface area contributed by atoms with E-state index in [2.05, 4.69) is 0 Å². The van der Waals surface area contributed by atoms with Gasteiger partial charge in [-0.2, -0.15) is 10.5 Å². The van der Waals surface area contributed by atoms with Crippen molar-refractivity contribution in [3.63, 3.8) is 0 Å². The van der Waals surface area contributed by atoms with E-state index in [1.807, 2.05) is 0 Å². The molecule has 14 heavy (non-hydrogen) atoms. The van der Waals surface area contributed by atoms with Crippen LogP contribution in [0.2, 0.25) is 0 Å². The summed E-state index contributed by atoms with van der Waals surface area (Å²) < 4.78 is 0. The summed E-state index contributed by atoms with van der Waals surface area (Å²) in [6.45, 7) is 5.05. The van der Waals surface area contributed by atoms with Crippen molar-refractivity contribution in [3.05, 3.63) is 10.1 Å². The molecule has 0 unspecified atom stereocenters. The van der Waals surface area contributed by atoms with E-state index in [0.29, 0.717) is 0 Å². The summed E-state index contributed by atoms with van der Waals surface area (Å²) in [7, 11) is 0. The van der Waals surface area contributed by atoms with Crippen molar-refractivity contribution >= 4 is 0 Å². The summed E-state index contributed by atoms with van der Waals surface area (Å²) in [6, 6.07) is 3.60. The Balaban J connectivity index is 4.84. The first-order chi connectivity index (χ1) is 6.32. The van der Waals surface area contributed by atoms with Crippen molar-refractivity contribution in [1.29, 1.82) is 10.5 Å². The molecule has 76 valence electrons. The largest absolute Gasteiger partial charge is 0.265 e. The molecular formula is C9H13N3O2. The summed E-state index contributed by atoms with van der Waals surface area (Å²) in [6.07, 6.45) is 0. The predicted octanol–water partition coefficient (Wildman–Crippen LogP) is 1.59. The van der Waals surface area contributed by atoms with Gasteiger partial charge in [0.2, 0.25) is 6.54 Å². The smallest absolute Gasteiger partial charge is 0.209 e. The van der Waals surface area contributed by atoms with E-state index < -0.39 is 22.2 Å². The second-order valence-electron chi connectivity index (χ2n) is 4.22. The fourth-order valence-corrected chi connectivity index (χ4v) is 1.25. The Morgan fingerprint density at radius 3 is 2.00 bits per heavy atom. The lowest BCUT2D eigenvalue weighted by atomic mass is 9.74. The standard InChI is InChI=1S/C9H13N3O2/c1-9(2,3)8(6-12(13)14)7(4-10)5-11/h7-8H,6H2,1-3H3/t8-/m0/s1. The summed E-state index contributed by atoms with van der Waals surface area (Å²) in [4.78, 5) is 9.90. The van der Waals surface area contributed by atoms with Gasteiger partial charge in [-0.05, 0) is 5.41 Å². The minimum Gasteiger partial charge on any atom is -0.265 e. The molecule has 0 saturated heterocycles. The summed E-state index contributed by atoms with van der Waals surface area (Å²) in [5, 5.41) is 27.7. The molecule has 0 aromatic heterocycles. The Morgan fingerprint density at radius 2 is 1.79 bits per heavy atom. The second-order valence-corrected chi connectivity index (χ2v) is 4.22. The van der Waals surface area contributed by atoms with E-state index in [1.54, 1.807) is 32.9 Å². The molecule has 0 bridgehead atoms. The van der Waals surface area contributed by atoms with Crippen LogP contribution in [0, 0.1) is 50.0 Å². The number of nitrogens with zero attached hydrogens (tertiary/aromatic N) is 3. The Morgan fingerprint density at radius 1 is 1.36 bits per heavy atom. The zero-order chi connectivity index (χ0) is 11.4. The van der Waals surface area contributed by atoms with Crippen molar-refractivity contribution in [2.45, 2.75) is 20.8 Å². The van der Waals surface area contributed by atoms with Crippen LogP contribution in [0.1, 0.15) is 20.8 Å². The highest BCUT2D eigenvalue weighted by molar-refractivity contribution is 5.05. The number of nitriles is 2. The summed E-state index contributed by atoms with van der Waals surface area (Å²) in [5.74, 6) is -1.45. The average molecular weight is 195 g/mol. The van der Waals surface area contributed by atoms with Crippen LogP contribution in [0.3, 0.4) is 0 Å². The van der Waals surface area contributed by atoms with Crippen molar-refractivity contribution in [2.24, 2.45) is 17.3 Å². The van der Waals surface area contributed by atoms with Gasteiger partial charge in [0.25, 0.3) is 0 Å². The molecule has 0 aliphatic rings. The van der Waals surface area contributed by atoms with E-state index >= 15 is 0 Å². The van der Waals surface area contributed by atoms with Gasteiger partial charge in [0, 0.05) is 4.92 Å². The van der Waals surface area contributed by atoms with Crippen LogP contribution in [-0.2, 0) is 0 Å². The van der Waals surface area contributed by atoms with Gasteiger partial charge in [-0.1, -0.05) is 20.8 Å². The van der Waals surface area contributed by atoms with Gasteiger partial charge in [-0.25, -0.2) is 0 Å². The minimum absolute atomic E-state index is 0.338. The molecule has 0 aromatic rings. The summed E-state index contributed by atoms with van der Waals surface area (Å²) >= 11 is 0. The molecule has 0 heterocycles. The van der Waals surface area contributed by atoms with Gasteiger partial charge in [0.1, 0.15) is 5.92 Å². The number of hydrogen-bond acceptors (Lipinski definition) is 4. The van der Waals surface area contributed by atoms with E-state index in [1.165, 1.54) is 0 Å². The third-order valence-corrected chi connectivity index (χ3v) is 2.14. The van der Waals surface area contributed by atoms with Crippen molar-refractivity contribution in [3.8, 4) is 12.1 Å². The molecule has 0 aromatic carbocycles. The van der Waals surface area contributed by atoms with E-state index in [0.717, 1.165) is 0 Å². The van der Waals surface area contributed by atoms with Crippen LogP contribution >= 0.6 is 0 Å². The normalized spacial score (nSPS) is 13.0. The van der Waals surface area contributed by atoms with Crippen LogP contribution in [-0.4, -0.2) is 11.5 Å². The quantitative estimate of drug-likeness (QED) is 0.505. The molecule has 1 atom stereocenters. The fourth-order valence-electron chi connectivity index (χ4n) is 1.25. The molecule has 0 amide bonds. The monoisotopic (exact) mass is 195 g/mol. The fraction of sp³-hybridized carbons (Fsp3) is 0.778. The van der Waals surface area contributed by atoms with Gasteiger partial charge >= 0.3 is 0 Å². The van der Waals surface area contributed by atoms with Crippen molar-refractivity contribution in [2.75, 3.05) is 6.54 Å². The zero-order valence-electron chi connectivity index (χ0n) is 8.52. The summed E-state index contributed by atoms with van der Waals surface area (Å²) in [5.41, 5.74) is -0.413. The maximum Gasteiger partial charge on any atom is 0.209 e. The van der Waals surface area contributed by atoms with E-state index in [4.69, 9.17) is 10.5 Å². The van der Waals surface area contributed by atoms with Gasteiger partial charge in [-0.3, -0.25) is 10.1 Å². The lowest BCUT2D eigenvalue weighted by Gasteiger charge is -2.27. The molecule has 5 heteroatoms. The molecule has 0 N–H and O–H groups in total. The Bertz CT molecular complexity index is 279. The van der Waals surface area contributed by atoms with Crippen LogP contribution < -0.4 is 0 Å². The molecule has 0 fully saturated rings. The molecule has 0 aliphatic heterocycles. The first-order valence-corrected chi connectivity index (χ1v) is 4.24. The highest BCUT2D eigenvalue weighted by Gasteiger charge is 2.36. The van der Waals surface area contributed by atoms with Gasteiger partial charge in [-0.15, -0.1) is 0 Å². The van der Waals surface area contributed by atoms with Gasteiger partial charge in [0.05, 0.1) is 18.1 Å². The van der Waals surface area contributed by atoms with E-state index in [9.17, 15) is 10.1 Å². The Kier molecular flexibility index (Phi) is 4.04. The Labute approximate surface area is 83.1 Å². The molecule has 5 nitrogen and oxygen atoms in total. The second kappa shape index (κ2) is 4.57. The molecule has 0 aliphatic carbocycles. The molecule has 0 spiro atoms. The lowest BCUT2D eigenvalue weighted by Crippen LogP contribution is -2.33. The van der Waals surface area contributed by atoms with Crippen LogP contribution in [0.25, 0.3) is 0 Å². The highest BCUT2D eigenvalue weighted by Crippen LogP contribution is 2.31. The molecule has 0 radical (unpaired) electrons. The first kappa shape index (κ1) is 12.4. The molecule has 0 saturated carbocycles. The van der Waals surface area contributed by atoms with Crippen LogP contribution in [0.15, 0.2) is 0 Å². The van der Waals surface area contributed by atoms with Crippen LogP contribution in [0.5, 0.6) is 0 Å². The topological polar surface area (TPSA) is 90.7 Å². The highest BCUT2D eigenvalue weighted by atomic mass is 16.6. The molecular weight excluding hydrogens is 182 g/mol. The Hall–Kier alpha value is -1.62. The zero-order valence-corrected chi connectivity index (χ0v) is 8.52. The number of rotatable bonds is 3. The SMILES string of the molecule is CC(C)(C)[C@@H](C[N+](=O)[O-])C(C#N)C#N. The van der Waals surface area contributed by atoms with Crippen molar-refractivity contribution in [1.82, 2.24) is 0 Å². The van der Waals surface area contributed by atoms with Crippen molar-refractivity contribution < 1.29 is 4.92 Å². The minimum atomic E-state index is -0.916. The maximum absolute atomic E-state index is 10.4. The lowest BCUT2D eigenvalue weighted by molar-refractivity contribution is -0.492. The first-order valence-electron chi connectivity index (χ1n) is 4.24. The number of hydrogen-bond donors (Lipinski definition) is 0.